The predicted octanol–water partition coefficient (Wildman–Crippen LogP) is -5.29. The quantitative estimate of drug-likeness (QED) is 0.0588. The Bertz CT molecular complexity index is 939. The van der Waals surface area contributed by atoms with Gasteiger partial charge in [-0.1, -0.05) is 5.11 Å². The summed E-state index contributed by atoms with van der Waals surface area (Å²) in [6.45, 7) is -0.561. The van der Waals surface area contributed by atoms with Gasteiger partial charge in [0.1, 0.15) is 67.4 Å². The van der Waals surface area contributed by atoms with Gasteiger partial charge in [-0.25, -0.2) is 0 Å². The molecule has 17 atom stereocenters. The number of nitrogens with zero attached hydrogens (tertiary/aromatic N) is 3. The molecular weight excluding hydrogens is 580 g/mol. The lowest BCUT2D eigenvalue weighted by atomic mass is 9.97. The van der Waals surface area contributed by atoms with Gasteiger partial charge in [-0.05, 0) is 18.4 Å². The minimum Gasteiger partial charge on any atom is -0.394 e. The second-order valence-electron chi connectivity index (χ2n) is 10.8. The third-order valence-electron chi connectivity index (χ3n) is 8.09. The van der Waals surface area contributed by atoms with E-state index in [4.69, 9.17) is 72.1 Å². The van der Waals surface area contributed by atoms with Crippen molar-refractivity contribution in [3.05, 3.63) is 10.4 Å². The maximum absolute atomic E-state index is 11.2. The van der Waals surface area contributed by atoms with E-state index in [1.54, 1.807) is 0 Å². The molecule has 4 fully saturated rings. The third-order valence-corrected chi connectivity index (χ3v) is 8.09. The number of nitrogens with two attached hydrogens (primary N) is 5. The zero-order valence-electron chi connectivity index (χ0n) is 23.6. The molecule has 0 bridgehead atoms. The Hall–Kier alpha value is -1.37. The molecule has 0 spiro atoms. The van der Waals surface area contributed by atoms with Crippen LogP contribution in [0.25, 0.3) is 10.4 Å². The Kier molecular flexibility index (Phi) is 12.3. The molecule has 0 aromatic rings. The Labute approximate surface area is 247 Å². The number of ether oxygens (including phenoxy) is 8. The third kappa shape index (κ3) is 7.38. The molecule has 4 aliphatic heterocycles. The fourth-order valence-electron chi connectivity index (χ4n) is 5.66. The lowest BCUT2D eigenvalue weighted by Gasteiger charge is -2.46. The normalized spacial score (nSPS) is 49.0. The standard InChI is InChI=1S/C23H44N8O12/c1-36-17-16(18(20(28)43-19(17)27)42-21-8(30-31-29)3-2-7(4-24)37-21)41-23-14(35)15(10(6-32)39-23)40-22-11(26)13(34)12(33)9(5-25)38-22/h7-23,32-35H,2-6,24-28H2,1H3/t7-,8?,9-,10+,11+,12+,13+,14+,15+,16+,17+,18-,19+,20-,21+,22+,23-/m0/s1. The predicted molar refractivity (Wildman–Crippen MR) is 142 cm³/mol. The molecule has 4 heterocycles. The first-order valence-corrected chi connectivity index (χ1v) is 14.1. The van der Waals surface area contributed by atoms with Gasteiger partial charge in [-0.3, -0.25) is 0 Å². The molecule has 14 N–H and O–H groups in total. The topological polar surface area (TPSA) is 334 Å². The summed E-state index contributed by atoms with van der Waals surface area (Å²) in [5.41, 5.74) is 38.9. The summed E-state index contributed by atoms with van der Waals surface area (Å²) in [6.07, 6.45) is -16.6. The van der Waals surface area contributed by atoms with E-state index in [9.17, 15) is 20.4 Å². The minimum atomic E-state index is -1.55. The van der Waals surface area contributed by atoms with E-state index in [1.807, 2.05) is 0 Å². The second kappa shape index (κ2) is 15.3. The van der Waals surface area contributed by atoms with Crippen LogP contribution in [0.5, 0.6) is 0 Å². The molecule has 0 aromatic heterocycles. The van der Waals surface area contributed by atoms with E-state index in [-0.39, 0.29) is 19.2 Å². The van der Waals surface area contributed by atoms with Gasteiger partial charge in [-0.2, -0.15) is 0 Å². The van der Waals surface area contributed by atoms with Crippen molar-refractivity contribution in [2.75, 3.05) is 26.8 Å². The highest BCUT2D eigenvalue weighted by molar-refractivity contribution is 4.97. The van der Waals surface area contributed by atoms with Crippen molar-refractivity contribution in [1.82, 2.24) is 0 Å². The fourth-order valence-corrected chi connectivity index (χ4v) is 5.66. The molecular formula is C23H44N8O12. The Morgan fingerprint density at radius 3 is 2.05 bits per heavy atom. The Morgan fingerprint density at radius 1 is 0.767 bits per heavy atom. The van der Waals surface area contributed by atoms with Crippen molar-refractivity contribution in [3.8, 4) is 0 Å². The van der Waals surface area contributed by atoms with Crippen LogP contribution < -0.4 is 28.7 Å². The van der Waals surface area contributed by atoms with Gasteiger partial charge in [0.25, 0.3) is 0 Å². The second-order valence-corrected chi connectivity index (χ2v) is 10.8. The SMILES string of the molecule is CO[C@@H]1[C@@H](O[C@@H]2O[C@H](CO)[C@@H](O[C@H]3O[C@@H](CN)[C@@H](O)[C@H](O)[C@H]3N)[C@H]2O)[C@H](O[C@H]2O[C@H](CN)CCC2N=[N+]=[N-])[C@@H](N)O[C@H]1N. The number of rotatable bonds is 11. The Morgan fingerprint density at radius 2 is 1.42 bits per heavy atom. The molecule has 43 heavy (non-hydrogen) atoms. The number of methoxy groups -OCH3 is 1. The summed E-state index contributed by atoms with van der Waals surface area (Å²) in [5.74, 6) is 0. The van der Waals surface area contributed by atoms with Gasteiger partial charge in [0, 0.05) is 25.1 Å². The molecule has 0 radical (unpaired) electrons. The van der Waals surface area contributed by atoms with Crippen molar-refractivity contribution >= 4 is 0 Å². The van der Waals surface area contributed by atoms with Crippen LogP contribution in [0, 0.1) is 0 Å². The summed E-state index contributed by atoms with van der Waals surface area (Å²) in [5, 5.41) is 45.5. The van der Waals surface area contributed by atoms with Crippen molar-refractivity contribution in [3.63, 3.8) is 0 Å². The van der Waals surface area contributed by atoms with E-state index in [1.165, 1.54) is 7.11 Å². The maximum atomic E-state index is 11.2. The molecule has 4 saturated heterocycles. The number of azide groups is 1. The van der Waals surface area contributed by atoms with Crippen LogP contribution in [0.4, 0.5) is 0 Å². The van der Waals surface area contributed by atoms with E-state index in [0.29, 0.717) is 12.8 Å². The van der Waals surface area contributed by atoms with Crippen molar-refractivity contribution in [2.45, 2.75) is 117 Å². The highest BCUT2D eigenvalue weighted by atomic mass is 16.8. The van der Waals surface area contributed by atoms with E-state index >= 15 is 0 Å². The summed E-state index contributed by atoms with van der Waals surface area (Å²) in [4.78, 5) is 2.88. The van der Waals surface area contributed by atoms with Gasteiger partial charge >= 0.3 is 0 Å². The summed E-state index contributed by atoms with van der Waals surface area (Å²) < 4.78 is 46.6. The van der Waals surface area contributed by atoms with Crippen LogP contribution in [0.15, 0.2) is 5.11 Å². The fraction of sp³-hybridized carbons (Fsp3) is 1.00. The number of hydrogen-bond donors (Lipinski definition) is 9. The molecule has 4 rings (SSSR count). The highest BCUT2D eigenvalue weighted by Gasteiger charge is 2.54. The van der Waals surface area contributed by atoms with Crippen LogP contribution in [-0.2, 0) is 37.9 Å². The van der Waals surface area contributed by atoms with Crippen LogP contribution in [-0.4, -0.2) is 152 Å². The van der Waals surface area contributed by atoms with Crippen molar-refractivity contribution in [1.29, 1.82) is 0 Å². The van der Waals surface area contributed by atoms with Gasteiger partial charge in [-0.15, -0.1) is 0 Å². The van der Waals surface area contributed by atoms with Crippen LogP contribution >= 0.6 is 0 Å². The van der Waals surface area contributed by atoms with E-state index < -0.39 is 105 Å². The van der Waals surface area contributed by atoms with E-state index in [0.717, 1.165) is 0 Å². The van der Waals surface area contributed by atoms with Crippen LogP contribution in [0.2, 0.25) is 0 Å². The summed E-state index contributed by atoms with van der Waals surface area (Å²) in [7, 11) is 1.35. The largest absolute Gasteiger partial charge is 0.394 e. The van der Waals surface area contributed by atoms with Gasteiger partial charge < -0.3 is 87.0 Å². The zero-order chi connectivity index (χ0) is 31.4. The molecule has 20 nitrogen and oxygen atoms in total. The number of hydrogen-bond acceptors (Lipinski definition) is 18. The smallest absolute Gasteiger partial charge is 0.187 e. The summed E-state index contributed by atoms with van der Waals surface area (Å²) >= 11 is 0. The number of aliphatic hydroxyl groups is 4. The lowest BCUT2D eigenvalue weighted by Crippen LogP contribution is -2.67. The first kappa shape index (κ1) is 34.5. The van der Waals surface area contributed by atoms with Crippen LogP contribution in [0.1, 0.15) is 12.8 Å². The monoisotopic (exact) mass is 624 g/mol. The Balaban J connectivity index is 1.53. The average molecular weight is 625 g/mol. The average Bonchev–Trinajstić information content (AvgIpc) is 3.29. The highest BCUT2D eigenvalue weighted by Crippen LogP contribution is 2.34. The molecule has 0 aliphatic carbocycles. The molecule has 1 unspecified atom stereocenters. The van der Waals surface area contributed by atoms with Crippen molar-refractivity contribution in [2.24, 2.45) is 33.8 Å². The molecule has 20 heteroatoms. The van der Waals surface area contributed by atoms with Gasteiger partial charge in [0.05, 0.1) is 24.8 Å². The van der Waals surface area contributed by atoms with Gasteiger partial charge in [0.15, 0.2) is 18.9 Å². The van der Waals surface area contributed by atoms with Crippen molar-refractivity contribution < 1.29 is 58.3 Å². The first-order valence-electron chi connectivity index (χ1n) is 14.1. The molecule has 4 aliphatic rings. The minimum absolute atomic E-state index is 0.148. The summed E-state index contributed by atoms with van der Waals surface area (Å²) in [6, 6.07) is -1.93. The van der Waals surface area contributed by atoms with Crippen LogP contribution in [0.3, 0.4) is 0 Å². The molecule has 248 valence electrons. The lowest BCUT2D eigenvalue weighted by molar-refractivity contribution is -0.325. The maximum Gasteiger partial charge on any atom is 0.187 e. The molecule has 0 aromatic carbocycles. The zero-order valence-corrected chi connectivity index (χ0v) is 23.6. The van der Waals surface area contributed by atoms with E-state index in [2.05, 4.69) is 10.0 Å². The molecule has 0 saturated carbocycles. The first-order chi connectivity index (χ1) is 20.6. The molecule has 0 amide bonds. The number of aliphatic hydroxyl groups excluding tert-OH is 4. The van der Waals surface area contributed by atoms with Gasteiger partial charge in [0.2, 0.25) is 0 Å².